The standard InChI is InChI=1S/C30H26F3NO3.C28H38FNO3/c1-2-3-21-4-6-22(7-5-21)8-12-25-20-37-28-15-11-24(16-27(25)28)18-34(19-29(35)36)17-23-9-13-26(14-10-23)30(31,32)33;1-2-3-4-5-6-7-8-9-10-11-12-23-13-15-24(16-14-23)21-30(27(31)28(32)33)22-25-17-19-26(29)20-18-25/h4-7,9-11,13-16,20H,2-3,17-19H2,1H3,(H,35,36);13-20H,2-12,21-22H2,1H3,(H,32,33). The Morgan fingerprint density at radius 3 is 1.64 bits per heavy atom. The van der Waals surface area contributed by atoms with Crippen molar-refractivity contribution >= 4 is 28.8 Å². The average Bonchev–Trinajstić information content (AvgIpc) is 3.74. The number of alkyl halides is 3. The van der Waals surface area contributed by atoms with Crippen LogP contribution in [0.2, 0.25) is 0 Å². The summed E-state index contributed by atoms with van der Waals surface area (Å²) in [4.78, 5) is 37.8. The molecule has 70 heavy (non-hydrogen) atoms. The van der Waals surface area contributed by atoms with Crippen LogP contribution < -0.4 is 0 Å². The Labute approximate surface area is 409 Å². The van der Waals surface area contributed by atoms with Gasteiger partial charge in [-0.2, -0.15) is 13.2 Å². The van der Waals surface area contributed by atoms with E-state index < -0.39 is 29.6 Å². The molecule has 2 N–H and O–H groups in total. The maximum absolute atomic E-state index is 13.1. The Morgan fingerprint density at radius 2 is 1.07 bits per heavy atom. The molecule has 0 spiro atoms. The number of carboxylic acid groups (broad SMARTS) is 2. The Bertz CT molecular complexity index is 2610. The topological polar surface area (TPSA) is 111 Å². The maximum atomic E-state index is 13.1. The van der Waals surface area contributed by atoms with Gasteiger partial charge in [0.2, 0.25) is 0 Å². The van der Waals surface area contributed by atoms with Crippen LogP contribution in [0.25, 0.3) is 11.0 Å². The van der Waals surface area contributed by atoms with Gasteiger partial charge in [-0.1, -0.05) is 157 Å². The number of unbranched alkanes of at least 4 members (excludes halogenated alkanes) is 9. The number of aliphatic carboxylic acids is 2. The largest absolute Gasteiger partial charge is 0.480 e. The van der Waals surface area contributed by atoms with E-state index in [0.29, 0.717) is 23.3 Å². The van der Waals surface area contributed by atoms with Crippen LogP contribution in [0.5, 0.6) is 0 Å². The van der Waals surface area contributed by atoms with Crippen molar-refractivity contribution in [2.24, 2.45) is 0 Å². The van der Waals surface area contributed by atoms with Crippen LogP contribution in [0.1, 0.15) is 135 Å². The van der Waals surface area contributed by atoms with Crippen molar-refractivity contribution in [2.45, 2.75) is 130 Å². The number of rotatable bonds is 23. The normalized spacial score (nSPS) is 11.2. The molecule has 8 nitrogen and oxygen atoms in total. The van der Waals surface area contributed by atoms with Gasteiger partial charge in [0.05, 0.1) is 17.7 Å². The molecule has 370 valence electrons. The Balaban J connectivity index is 0.000000263. The Morgan fingerprint density at radius 1 is 0.571 bits per heavy atom. The SMILES string of the molecule is CCCCCCCCCCCCc1ccc(CN(Cc2ccc(F)cc2)C(=O)C(=O)O)cc1.CCCc1ccc(C#Cc2coc3ccc(CN(CC(=O)O)Cc4ccc(C(F)(F)F)cc4)cc23)cc1. The number of carbonyl (C=O) groups is 3. The first-order chi connectivity index (χ1) is 33.7. The zero-order chi connectivity index (χ0) is 50.3. The van der Waals surface area contributed by atoms with Gasteiger partial charge in [0, 0.05) is 37.1 Å². The molecule has 1 amide bonds. The van der Waals surface area contributed by atoms with Gasteiger partial charge in [0.25, 0.3) is 0 Å². The van der Waals surface area contributed by atoms with Gasteiger partial charge in [0.15, 0.2) is 0 Å². The van der Waals surface area contributed by atoms with Crippen LogP contribution in [0.3, 0.4) is 0 Å². The highest BCUT2D eigenvalue weighted by Crippen LogP contribution is 2.30. The van der Waals surface area contributed by atoms with Crippen molar-refractivity contribution in [1.29, 1.82) is 0 Å². The smallest absolute Gasteiger partial charge is 0.416 e. The summed E-state index contributed by atoms with van der Waals surface area (Å²) >= 11 is 0. The molecule has 0 atom stereocenters. The number of halogens is 4. The number of amides is 1. The number of hydrogen-bond acceptors (Lipinski definition) is 5. The molecule has 0 unspecified atom stereocenters. The first kappa shape index (κ1) is 54.2. The summed E-state index contributed by atoms with van der Waals surface area (Å²) in [5, 5.41) is 19.4. The molecule has 0 fully saturated rings. The molecule has 0 aliphatic rings. The fourth-order valence-electron chi connectivity index (χ4n) is 8.12. The van der Waals surface area contributed by atoms with E-state index >= 15 is 0 Å². The molecule has 0 aliphatic carbocycles. The molecule has 0 radical (unpaired) electrons. The van der Waals surface area contributed by atoms with Crippen LogP contribution in [-0.2, 0) is 59.6 Å². The minimum Gasteiger partial charge on any atom is -0.480 e. The van der Waals surface area contributed by atoms with E-state index in [2.05, 4.69) is 50.0 Å². The monoisotopic (exact) mass is 960 g/mol. The lowest BCUT2D eigenvalue weighted by molar-refractivity contribution is -0.156. The zero-order valence-electron chi connectivity index (χ0n) is 40.2. The van der Waals surface area contributed by atoms with Crippen LogP contribution in [0, 0.1) is 17.7 Å². The predicted octanol–water partition coefficient (Wildman–Crippen LogP) is 13.8. The number of aryl methyl sites for hydroxylation is 2. The summed E-state index contributed by atoms with van der Waals surface area (Å²) in [5.41, 5.74) is 7.07. The third-order valence-corrected chi connectivity index (χ3v) is 11.9. The van der Waals surface area contributed by atoms with E-state index in [4.69, 9.17) is 9.52 Å². The highest BCUT2D eigenvalue weighted by atomic mass is 19.4. The highest BCUT2D eigenvalue weighted by Gasteiger charge is 2.30. The summed E-state index contributed by atoms with van der Waals surface area (Å²) in [6, 6.07) is 32.3. The minimum absolute atomic E-state index is 0.117. The maximum Gasteiger partial charge on any atom is 0.416 e. The highest BCUT2D eigenvalue weighted by molar-refractivity contribution is 6.31. The Hall–Kier alpha value is -6.71. The van der Waals surface area contributed by atoms with E-state index in [9.17, 15) is 37.1 Å². The van der Waals surface area contributed by atoms with Gasteiger partial charge in [0.1, 0.15) is 17.7 Å². The van der Waals surface area contributed by atoms with E-state index in [1.165, 1.54) is 105 Å². The molecule has 0 aliphatic heterocycles. The molecule has 0 bridgehead atoms. The molecular weight excluding hydrogens is 897 g/mol. The van der Waals surface area contributed by atoms with Crippen molar-refractivity contribution in [3.8, 4) is 11.8 Å². The van der Waals surface area contributed by atoms with Gasteiger partial charge in [-0.05, 0) is 101 Å². The molecule has 12 heteroatoms. The average molecular weight is 961 g/mol. The van der Waals surface area contributed by atoms with Crippen LogP contribution in [-0.4, -0.2) is 44.4 Å². The summed E-state index contributed by atoms with van der Waals surface area (Å²) in [6.07, 6.45) is 13.5. The molecule has 5 aromatic carbocycles. The molecular formula is C58H64F4N2O6. The van der Waals surface area contributed by atoms with Gasteiger partial charge in [-0.25, -0.2) is 9.18 Å². The third kappa shape index (κ3) is 18.7. The zero-order valence-corrected chi connectivity index (χ0v) is 40.2. The van der Waals surface area contributed by atoms with Gasteiger partial charge in [-0.3, -0.25) is 14.5 Å². The molecule has 0 saturated heterocycles. The number of fused-ring (bicyclic) bond motifs is 1. The lowest BCUT2D eigenvalue weighted by Crippen LogP contribution is -2.35. The molecule has 0 saturated carbocycles. The van der Waals surface area contributed by atoms with Gasteiger partial charge >= 0.3 is 24.0 Å². The van der Waals surface area contributed by atoms with Crippen LogP contribution >= 0.6 is 0 Å². The van der Waals surface area contributed by atoms with Crippen molar-refractivity contribution in [3.63, 3.8) is 0 Å². The summed E-state index contributed by atoms with van der Waals surface area (Å²) in [5.74, 6) is 2.48. The van der Waals surface area contributed by atoms with E-state index in [1.807, 2.05) is 42.5 Å². The van der Waals surface area contributed by atoms with Gasteiger partial charge < -0.3 is 19.5 Å². The fourth-order valence-corrected chi connectivity index (χ4v) is 8.12. The molecule has 1 heterocycles. The first-order valence-corrected chi connectivity index (χ1v) is 24.3. The van der Waals surface area contributed by atoms with E-state index in [0.717, 1.165) is 59.0 Å². The lowest BCUT2D eigenvalue weighted by Gasteiger charge is -2.21. The molecule has 1 aromatic heterocycles. The van der Waals surface area contributed by atoms with Crippen LogP contribution in [0.15, 0.2) is 126 Å². The number of carbonyl (C=O) groups excluding carboxylic acids is 1. The number of furan rings is 1. The number of carboxylic acids is 2. The fraction of sp³-hybridized carbons (Fsp3) is 0.362. The lowest BCUT2D eigenvalue weighted by atomic mass is 10.0. The number of nitrogens with zero attached hydrogens (tertiary/aromatic N) is 2. The molecule has 6 aromatic rings. The van der Waals surface area contributed by atoms with E-state index in [-0.39, 0.29) is 32.0 Å². The van der Waals surface area contributed by atoms with Crippen LogP contribution in [0.4, 0.5) is 17.6 Å². The minimum atomic E-state index is -4.42. The second-order valence-corrected chi connectivity index (χ2v) is 17.8. The second kappa shape index (κ2) is 28.1. The second-order valence-electron chi connectivity index (χ2n) is 17.8. The summed E-state index contributed by atoms with van der Waals surface area (Å²) < 4.78 is 57.4. The summed E-state index contributed by atoms with van der Waals surface area (Å²) in [6.45, 7) is 4.92. The quantitative estimate of drug-likeness (QED) is 0.0285. The number of benzene rings is 5. The van der Waals surface area contributed by atoms with Crippen molar-refractivity contribution in [2.75, 3.05) is 6.54 Å². The molecule has 6 rings (SSSR count). The van der Waals surface area contributed by atoms with E-state index in [1.54, 1.807) is 23.3 Å². The third-order valence-electron chi connectivity index (χ3n) is 11.9. The first-order valence-electron chi connectivity index (χ1n) is 24.3. The van der Waals surface area contributed by atoms with Gasteiger partial charge in [-0.15, -0.1) is 0 Å². The predicted molar refractivity (Wildman–Crippen MR) is 266 cm³/mol. The van der Waals surface area contributed by atoms with Crippen molar-refractivity contribution < 1.29 is 46.6 Å². The Kier molecular flexibility index (Phi) is 21.8. The van der Waals surface area contributed by atoms with Crippen molar-refractivity contribution in [1.82, 2.24) is 9.80 Å². The number of hydrogen-bond donors (Lipinski definition) is 2. The van der Waals surface area contributed by atoms with Crippen molar-refractivity contribution in [3.05, 3.63) is 177 Å². The summed E-state index contributed by atoms with van der Waals surface area (Å²) in [7, 11) is 0.